The summed E-state index contributed by atoms with van der Waals surface area (Å²) < 4.78 is 0. The molecule has 3 aromatic rings. The molecule has 0 amide bonds. The van der Waals surface area contributed by atoms with E-state index in [-0.39, 0.29) is 60.0 Å². The number of nitrogens with one attached hydrogen (secondary N) is 1. The van der Waals surface area contributed by atoms with Crippen molar-refractivity contribution in [3.63, 3.8) is 0 Å². The number of benzene rings is 2. The summed E-state index contributed by atoms with van der Waals surface area (Å²) in [7, 11) is 1.11. The third-order valence-electron chi connectivity index (χ3n) is 3.17. The molecule has 0 unspecified atom stereocenters. The van der Waals surface area contributed by atoms with Crippen LogP contribution in [-0.2, 0) is 21.7 Å². The van der Waals surface area contributed by atoms with Crippen LogP contribution in [0.4, 0.5) is 0 Å². The van der Waals surface area contributed by atoms with Crippen LogP contribution in [0.5, 0.6) is 0 Å². The quantitative estimate of drug-likeness (QED) is 0.314. The van der Waals surface area contributed by atoms with Gasteiger partial charge in [-0.05, 0) is 7.93 Å². The van der Waals surface area contributed by atoms with E-state index in [1.807, 2.05) is 13.8 Å². The summed E-state index contributed by atoms with van der Waals surface area (Å²) in [4.78, 5) is 0. The summed E-state index contributed by atoms with van der Waals surface area (Å²) in [6.45, 7) is 6.14. The average molecular weight is 428 g/mol. The summed E-state index contributed by atoms with van der Waals surface area (Å²) in [5.74, 6) is 0. The van der Waals surface area contributed by atoms with Crippen molar-refractivity contribution >= 4 is 44.9 Å². The van der Waals surface area contributed by atoms with Crippen LogP contribution in [0.15, 0.2) is 54.6 Å². The van der Waals surface area contributed by atoms with E-state index in [9.17, 15) is 0 Å². The van der Waals surface area contributed by atoms with Gasteiger partial charge >= 0.3 is 21.7 Å². The van der Waals surface area contributed by atoms with Crippen LogP contribution < -0.4 is 24.8 Å². The van der Waals surface area contributed by atoms with Gasteiger partial charge in [0.25, 0.3) is 0 Å². The maximum absolute atomic E-state index is 7.45. The van der Waals surface area contributed by atoms with Gasteiger partial charge in [0.2, 0.25) is 0 Å². The molecule has 0 spiro atoms. The van der Waals surface area contributed by atoms with E-state index in [2.05, 4.69) is 66.8 Å². The molecule has 0 aliphatic heterocycles. The van der Waals surface area contributed by atoms with E-state index >= 15 is 0 Å². The van der Waals surface area contributed by atoms with Crippen LogP contribution in [0, 0.1) is 0 Å². The van der Waals surface area contributed by atoms with Gasteiger partial charge in [0.15, 0.2) is 0 Å². The van der Waals surface area contributed by atoms with Crippen molar-refractivity contribution in [2.24, 2.45) is 0 Å². The molecule has 3 rings (SSSR count). The second kappa shape index (κ2) is 11.5. The molecule has 0 aliphatic carbocycles. The summed E-state index contributed by atoms with van der Waals surface area (Å²) >= 11 is 0. The smallest absolute Gasteiger partial charge is 1.00 e. The molecule has 1 nitrogen and oxygen atoms in total. The molecule has 0 aliphatic rings. The molecule has 6 heteroatoms. The van der Waals surface area contributed by atoms with Gasteiger partial charge in [0.05, 0.1) is 0 Å². The molecule has 0 saturated heterocycles. The number of fused-ring (bicyclic) bond motifs is 3. The Labute approximate surface area is 176 Å². The van der Waals surface area contributed by atoms with Crippen LogP contribution in [0.2, 0.25) is 6.55 Å². The van der Waals surface area contributed by atoms with Crippen LogP contribution in [0.25, 0.3) is 27.3 Å². The van der Waals surface area contributed by atoms with Crippen LogP contribution in [-0.4, -0.2) is 28.9 Å². The fourth-order valence-electron chi connectivity index (χ4n) is 2.63. The Kier molecular flexibility index (Phi) is 12.5. The van der Waals surface area contributed by atoms with Gasteiger partial charge in [-0.3, -0.25) is 0 Å². The zero-order valence-electron chi connectivity index (χ0n) is 14.5. The van der Waals surface area contributed by atoms with E-state index in [1.54, 1.807) is 0 Å². The van der Waals surface area contributed by atoms with Crippen molar-refractivity contribution in [2.75, 3.05) is 0 Å². The van der Waals surface area contributed by atoms with Gasteiger partial charge in [-0.1, -0.05) is 56.8 Å². The van der Waals surface area contributed by atoms with Gasteiger partial charge in [-0.25, -0.2) is 0 Å². The maximum atomic E-state index is 7.45. The van der Waals surface area contributed by atoms with Crippen molar-refractivity contribution in [3.8, 4) is 0 Å². The van der Waals surface area contributed by atoms with E-state index in [0.29, 0.717) is 0 Å². The third-order valence-corrected chi connectivity index (χ3v) is 5.34. The van der Waals surface area contributed by atoms with Crippen molar-refractivity contribution in [1.82, 2.24) is 0 Å². The van der Waals surface area contributed by atoms with Crippen molar-refractivity contribution < 1.29 is 46.5 Å². The first kappa shape index (κ1) is 26.1. The molecule has 0 aromatic heterocycles. The minimum Gasteiger partial charge on any atom is -1.00 e. The molecule has 0 atom stereocenters. The molecule has 24 heavy (non-hydrogen) atoms. The van der Waals surface area contributed by atoms with Gasteiger partial charge in [-0.15, -0.1) is 51.0 Å². The van der Waals surface area contributed by atoms with Crippen molar-refractivity contribution in [3.05, 3.63) is 60.3 Å². The molecule has 3 aromatic carbocycles. The van der Waals surface area contributed by atoms with E-state index in [1.165, 1.54) is 31.3 Å². The molecule has 0 saturated carbocycles. The van der Waals surface area contributed by atoms with Crippen LogP contribution >= 0.6 is 0 Å². The molecule has 0 bridgehead atoms. The summed E-state index contributed by atoms with van der Waals surface area (Å²) in [5, 5.41) is 5.39. The molecule has 0 fully saturated rings. The molecular formula is C18H23Cl2NSi2Ti. The molecule has 1 N–H and O–H groups in total. The Hall–Kier alpha value is -0.132. The standard InChI is InChI=1S/C13H9.C5H14NSi2.2ClH.Ti/c1-3-7-12-10(5-1)9-11-6-2-4-8-13(11)12;1-5(2,6)4-8(3)7;;;/h1-9H;4,6H,1-3,7H3;2*1H;/q2*-1;;;+4/p-2. The second-order valence-corrected chi connectivity index (χ2v) is 13.4. The minimum absolute atomic E-state index is 0. The monoisotopic (exact) mass is 427 g/mol. The van der Waals surface area contributed by atoms with E-state index in [0.717, 1.165) is 0 Å². The minimum atomic E-state index is -0.273. The number of hydrogen-bond acceptors (Lipinski definition) is 0. The van der Waals surface area contributed by atoms with Gasteiger partial charge in [0, 0.05) is 9.76 Å². The van der Waals surface area contributed by atoms with Crippen molar-refractivity contribution in [1.29, 1.82) is 0 Å². The van der Waals surface area contributed by atoms with Crippen LogP contribution in [0.3, 0.4) is 0 Å². The number of hydrogen-bond donors (Lipinski definition) is 0. The van der Waals surface area contributed by atoms with Crippen LogP contribution in [0.1, 0.15) is 13.8 Å². The summed E-state index contributed by atoms with van der Waals surface area (Å²) in [5.41, 5.74) is 9.37. The Balaban J connectivity index is 0. The fraction of sp³-hybridized carbons (Fsp3) is 0.222. The Morgan fingerprint density at radius 3 is 1.62 bits per heavy atom. The first-order valence-electron chi connectivity index (χ1n) is 7.31. The van der Waals surface area contributed by atoms with Gasteiger partial charge in [-0.2, -0.15) is 0 Å². The normalized spacial score (nSPS) is 10.9. The topological polar surface area (TPSA) is 23.8 Å². The first-order chi connectivity index (χ1) is 9.87. The zero-order valence-corrected chi connectivity index (χ0v) is 20.6. The van der Waals surface area contributed by atoms with Crippen molar-refractivity contribution in [2.45, 2.75) is 25.9 Å². The van der Waals surface area contributed by atoms with Gasteiger partial charge in [0.1, 0.15) is 0 Å². The first-order valence-corrected chi connectivity index (χ1v) is 12.9. The molecule has 126 valence electrons. The largest absolute Gasteiger partial charge is 4.00 e. The Morgan fingerprint density at radius 1 is 0.958 bits per heavy atom. The Bertz CT molecular complexity index is 725. The molecule has 0 radical (unpaired) electrons. The maximum Gasteiger partial charge on any atom is 4.00 e. The third kappa shape index (κ3) is 7.83. The van der Waals surface area contributed by atoms with E-state index < -0.39 is 0 Å². The summed E-state index contributed by atoms with van der Waals surface area (Å²) in [6, 6.07) is 19.3. The molecule has 0 heterocycles. The number of rotatable bonds is 1. The van der Waals surface area contributed by atoms with Gasteiger partial charge < -0.3 is 30.5 Å². The second-order valence-electron chi connectivity index (χ2n) is 6.26. The van der Waals surface area contributed by atoms with E-state index in [4.69, 9.17) is 5.73 Å². The predicted octanol–water partition coefficient (Wildman–Crippen LogP) is -2.09. The molecular weight excluding hydrogens is 405 g/mol. The zero-order chi connectivity index (χ0) is 15.5. The Morgan fingerprint density at radius 2 is 1.33 bits per heavy atom. The average Bonchev–Trinajstić information content (AvgIpc) is 2.75. The SMILES string of the molecule is C[Si]([SiH3])=CC(C)(C)[NH-].[Cl-].[Cl-].[Ti+4].c1ccc2c(c1)[cH-]c1ccccc12. The number of halogens is 2. The predicted molar refractivity (Wildman–Crippen MR) is 103 cm³/mol. The fourth-order valence-corrected chi connectivity index (χ4v) is 6.23. The summed E-state index contributed by atoms with van der Waals surface area (Å²) in [6.07, 6.45) is 0.